The first-order chi connectivity index (χ1) is 11.3. The van der Waals surface area contributed by atoms with Crippen LogP contribution >= 0.6 is 0 Å². The van der Waals surface area contributed by atoms with Crippen LogP contribution in [0.1, 0.15) is 24.2 Å². The number of amides is 2. The number of carbonyl (C=O) groups excluding carboxylic acids is 2. The maximum Gasteiger partial charge on any atom is 0.329 e. The number of hydrogen-bond donors (Lipinski definition) is 3. The van der Waals surface area contributed by atoms with E-state index in [9.17, 15) is 18.8 Å². The molecule has 0 spiro atoms. The highest BCUT2D eigenvalue weighted by Gasteiger charge is 2.24. The van der Waals surface area contributed by atoms with Crippen molar-refractivity contribution >= 4 is 17.8 Å². The van der Waals surface area contributed by atoms with Gasteiger partial charge in [0, 0.05) is 12.1 Å². The summed E-state index contributed by atoms with van der Waals surface area (Å²) in [5, 5.41) is 13.6. The molecule has 24 heavy (non-hydrogen) atoms. The lowest BCUT2D eigenvalue weighted by atomic mass is 10.0. The predicted molar refractivity (Wildman–Crippen MR) is 84.0 cm³/mol. The number of hydrogen-bond acceptors (Lipinski definition) is 4. The molecule has 0 heterocycles. The van der Waals surface area contributed by atoms with E-state index in [1.165, 1.54) is 24.3 Å². The molecule has 0 bridgehead atoms. The summed E-state index contributed by atoms with van der Waals surface area (Å²) in [6, 6.07) is 4.22. The molecule has 0 fully saturated rings. The van der Waals surface area contributed by atoms with Gasteiger partial charge in [0.25, 0.3) is 5.91 Å². The zero-order valence-electron chi connectivity index (χ0n) is 13.5. The predicted octanol–water partition coefficient (Wildman–Crippen LogP) is 0.798. The molecule has 1 aromatic rings. The summed E-state index contributed by atoms with van der Waals surface area (Å²) < 4.78 is 17.7. The number of nitrogens with one attached hydrogen (secondary N) is 2. The van der Waals surface area contributed by atoms with Gasteiger partial charge in [0.15, 0.2) is 0 Å². The van der Waals surface area contributed by atoms with E-state index in [-0.39, 0.29) is 24.6 Å². The molecule has 8 heteroatoms. The molecule has 2 amide bonds. The zero-order valence-corrected chi connectivity index (χ0v) is 13.5. The van der Waals surface area contributed by atoms with E-state index in [0.717, 1.165) is 0 Å². The summed E-state index contributed by atoms with van der Waals surface area (Å²) in [5.74, 6) is -2.60. The lowest BCUT2D eigenvalue weighted by molar-refractivity contribution is -0.142. The Labute approximate surface area is 139 Å². The molecule has 1 unspecified atom stereocenters. The highest BCUT2D eigenvalue weighted by Crippen LogP contribution is 2.06. The third-order valence-corrected chi connectivity index (χ3v) is 3.11. The summed E-state index contributed by atoms with van der Waals surface area (Å²) >= 11 is 0. The van der Waals surface area contributed by atoms with Gasteiger partial charge in [0.05, 0.1) is 6.61 Å². The van der Waals surface area contributed by atoms with E-state index in [0.29, 0.717) is 0 Å². The Hall–Kier alpha value is -2.48. The van der Waals surface area contributed by atoms with Gasteiger partial charge >= 0.3 is 5.97 Å². The number of halogens is 1. The van der Waals surface area contributed by atoms with Crippen molar-refractivity contribution in [1.29, 1.82) is 0 Å². The van der Waals surface area contributed by atoms with E-state index in [1.54, 1.807) is 13.8 Å². The standard InChI is InChI=1S/C16H21FN2O5/c1-10(2)14(16(23)18-7-8-24-9-13(20)21)19-15(22)11-3-5-12(17)6-4-11/h3-6,10,14H,7-9H2,1-2H3,(H,18,23)(H,19,22)(H,20,21). The van der Waals surface area contributed by atoms with Crippen molar-refractivity contribution in [2.75, 3.05) is 19.8 Å². The number of aliphatic carboxylic acids is 1. The van der Waals surface area contributed by atoms with Gasteiger partial charge in [0.1, 0.15) is 18.5 Å². The monoisotopic (exact) mass is 340 g/mol. The molecular weight excluding hydrogens is 319 g/mol. The molecule has 0 saturated carbocycles. The van der Waals surface area contributed by atoms with E-state index in [2.05, 4.69) is 10.6 Å². The molecule has 0 radical (unpaired) electrons. The summed E-state index contributed by atoms with van der Waals surface area (Å²) in [6.45, 7) is 3.29. The fourth-order valence-corrected chi connectivity index (χ4v) is 1.88. The SMILES string of the molecule is CC(C)C(NC(=O)c1ccc(F)cc1)C(=O)NCCOCC(=O)O. The van der Waals surface area contributed by atoms with Crippen molar-refractivity contribution in [1.82, 2.24) is 10.6 Å². The maximum atomic E-state index is 12.9. The minimum atomic E-state index is -1.09. The van der Waals surface area contributed by atoms with Crippen molar-refractivity contribution in [3.63, 3.8) is 0 Å². The number of carbonyl (C=O) groups is 3. The van der Waals surface area contributed by atoms with Crippen LogP contribution in [0.25, 0.3) is 0 Å². The number of ether oxygens (including phenoxy) is 1. The lowest BCUT2D eigenvalue weighted by Crippen LogP contribution is -2.50. The zero-order chi connectivity index (χ0) is 18.1. The second-order valence-corrected chi connectivity index (χ2v) is 5.44. The Morgan fingerprint density at radius 2 is 1.83 bits per heavy atom. The van der Waals surface area contributed by atoms with Gasteiger partial charge in [-0.3, -0.25) is 9.59 Å². The second-order valence-electron chi connectivity index (χ2n) is 5.44. The number of benzene rings is 1. The van der Waals surface area contributed by atoms with Gasteiger partial charge in [-0.05, 0) is 30.2 Å². The highest BCUT2D eigenvalue weighted by molar-refractivity contribution is 5.97. The first kappa shape index (κ1) is 19.6. The fraction of sp³-hybridized carbons (Fsp3) is 0.438. The highest BCUT2D eigenvalue weighted by atomic mass is 19.1. The first-order valence-corrected chi connectivity index (χ1v) is 7.45. The van der Waals surface area contributed by atoms with Crippen molar-refractivity contribution in [3.05, 3.63) is 35.6 Å². The number of carboxylic acid groups (broad SMARTS) is 1. The van der Waals surface area contributed by atoms with E-state index >= 15 is 0 Å². The van der Waals surface area contributed by atoms with Gasteiger partial charge in [0.2, 0.25) is 5.91 Å². The maximum absolute atomic E-state index is 12.9. The molecule has 132 valence electrons. The molecule has 7 nitrogen and oxygen atoms in total. The molecular formula is C16H21FN2O5. The summed E-state index contributed by atoms with van der Waals surface area (Å²) in [6.07, 6.45) is 0. The molecule has 1 aromatic carbocycles. The second kappa shape index (κ2) is 9.61. The summed E-state index contributed by atoms with van der Waals surface area (Å²) in [5.41, 5.74) is 0.250. The fourth-order valence-electron chi connectivity index (χ4n) is 1.88. The Kier molecular flexibility index (Phi) is 7.84. The molecule has 0 aliphatic rings. The van der Waals surface area contributed by atoms with Crippen LogP contribution in [-0.4, -0.2) is 48.7 Å². The quantitative estimate of drug-likeness (QED) is 0.577. The van der Waals surface area contributed by atoms with Crippen molar-refractivity contribution in [2.24, 2.45) is 5.92 Å². The number of carboxylic acids is 1. The van der Waals surface area contributed by atoms with Crippen LogP contribution in [0.4, 0.5) is 4.39 Å². The third kappa shape index (κ3) is 6.74. The Morgan fingerprint density at radius 1 is 1.21 bits per heavy atom. The van der Waals surface area contributed by atoms with Gasteiger partial charge in [-0.1, -0.05) is 13.8 Å². The van der Waals surface area contributed by atoms with Crippen LogP contribution in [0, 0.1) is 11.7 Å². The average Bonchev–Trinajstić information content (AvgIpc) is 2.51. The van der Waals surface area contributed by atoms with Crippen molar-refractivity contribution < 1.29 is 28.6 Å². The van der Waals surface area contributed by atoms with Crippen molar-refractivity contribution in [2.45, 2.75) is 19.9 Å². The lowest BCUT2D eigenvalue weighted by Gasteiger charge is -2.21. The van der Waals surface area contributed by atoms with E-state index < -0.39 is 36.2 Å². The van der Waals surface area contributed by atoms with Crippen molar-refractivity contribution in [3.8, 4) is 0 Å². The van der Waals surface area contributed by atoms with Crippen LogP contribution < -0.4 is 10.6 Å². The minimum Gasteiger partial charge on any atom is -0.480 e. The molecule has 0 aliphatic heterocycles. The third-order valence-electron chi connectivity index (χ3n) is 3.11. The van der Waals surface area contributed by atoms with E-state index in [1.807, 2.05) is 0 Å². The molecule has 0 saturated heterocycles. The van der Waals surface area contributed by atoms with Gasteiger partial charge in [-0.2, -0.15) is 0 Å². The van der Waals surface area contributed by atoms with Crippen LogP contribution in [0.5, 0.6) is 0 Å². The van der Waals surface area contributed by atoms with Crippen LogP contribution in [0.3, 0.4) is 0 Å². The van der Waals surface area contributed by atoms with Gasteiger partial charge < -0.3 is 20.5 Å². The van der Waals surface area contributed by atoms with Crippen LogP contribution in [-0.2, 0) is 14.3 Å². The Balaban J connectivity index is 2.53. The van der Waals surface area contributed by atoms with E-state index in [4.69, 9.17) is 9.84 Å². The summed E-state index contributed by atoms with van der Waals surface area (Å²) in [4.78, 5) is 34.6. The van der Waals surface area contributed by atoms with Crippen LogP contribution in [0.15, 0.2) is 24.3 Å². The smallest absolute Gasteiger partial charge is 0.329 e. The summed E-state index contributed by atoms with van der Waals surface area (Å²) in [7, 11) is 0. The normalized spacial score (nSPS) is 11.8. The Bertz CT molecular complexity index is 574. The largest absolute Gasteiger partial charge is 0.480 e. The average molecular weight is 340 g/mol. The van der Waals surface area contributed by atoms with Gasteiger partial charge in [-0.15, -0.1) is 0 Å². The molecule has 3 N–H and O–H groups in total. The molecule has 0 aliphatic carbocycles. The molecule has 0 aromatic heterocycles. The molecule has 1 atom stereocenters. The minimum absolute atomic E-state index is 0.0504. The molecule has 1 rings (SSSR count). The topological polar surface area (TPSA) is 105 Å². The Morgan fingerprint density at radius 3 is 2.38 bits per heavy atom. The van der Waals surface area contributed by atoms with Gasteiger partial charge in [-0.25, -0.2) is 9.18 Å². The number of rotatable bonds is 9. The first-order valence-electron chi connectivity index (χ1n) is 7.45. The van der Waals surface area contributed by atoms with Crippen LogP contribution in [0.2, 0.25) is 0 Å².